The SMILES string of the molecule is C1CCC(C(=C(C2CCCCC2)C2CCC(C3C4CCCCC4C(C4C5CCCCC5C(C5CC(C6CCCCC6)CC(C6CCCCC6)C5)C5CCCCC54)C4CCCCC43)CC2)C2CCCCC2)CC1. The van der Waals surface area contributed by atoms with E-state index in [-0.39, 0.29) is 0 Å². The minimum atomic E-state index is 0.963. The van der Waals surface area contributed by atoms with Crippen LogP contribution < -0.4 is 0 Å². The van der Waals surface area contributed by atoms with Gasteiger partial charge in [-0.3, -0.25) is 0 Å². The largest absolute Gasteiger partial charge is 0.0642 e. The van der Waals surface area contributed by atoms with E-state index in [0.717, 1.165) is 130 Å². The second kappa shape index (κ2) is 24.0. The van der Waals surface area contributed by atoms with Gasteiger partial charge in [0.1, 0.15) is 0 Å². The fourth-order valence-electron chi connectivity index (χ4n) is 25.8. The molecule has 13 aliphatic carbocycles. The van der Waals surface area contributed by atoms with E-state index in [1.54, 1.807) is 250 Å². The van der Waals surface area contributed by atoms with Crippen LogP contribution in [0.1, 0.15) is 308 Å². The molecule has 13 aliphatic rings. The van der Waals surface area contributed by atoms with E-state index in [1.807, 2.05) is 0 Å². The van der Waals surface area contributed by atoms with Crippen LogP contribution >= 0.6 is 0 Å². The van der Waals surface area contributed by atoms with Gasteiger partial charge in [0.2, 0.25) is 0 Å². The van der Waals surface area contributed by atoms with E-state index < -0.39 is 0 Å². The lowest BCUT2D eigenvalue weighted by molar-refractivity contribution is -0.176. The predicted octanol–water partition coefficient (Wildman–Crippen LogP) is 21.7. The number of rotatable bonds is 9. The maximum atomic E-state index is 2.21. The van der Waals surface area contributed by atoms with Crippen molar-refractivity contribution in [1.82, 2.24) is 0 Å². The average Bonchev–Trinajstić information content (AvgIpc) is 3.46. The summed E-state index contributed by atoms with van der Waals surface area (Å²) in [6.07, 6.45) is 76.5. The average molecular weight is 984 g/mol. The molecule has 0 aromatic rings. The molecule has 0 aromatic heterocycles. The molecular weight excluding hydrogens is 865 g/mol. The summed E-state index contributed by atoms with van der Waals surface area (Å²) in [6, 6.07) is 0. The first-order chi connectivity index (χ1) is 35.8. The van der Waals surface area contributed by atoms with Crippen LogP contribution in [-0.2, 0) is 0 Å². The molecule has 406 valence electrons. The zero-order chi connectivity index (χ0) is 47.8. The zero-order valence-corrected chi connectivity index (χ0v) is 47.6. The van der Waals surface area contributed by atoms with Crippen molar-refractivity contribution >= 4 is 0 Å². The van der Waals surface area contributed by atoms with Crippen molar-refractivity contribution in [3.8, 4) is 0 Å². The van der Waals surface area contributed by atoms with E-state index in [9.17, 15) is 0 Å². The second-order valence-electron chi connectivity index (χ2n) is 31.1. The van der Waals surface area contributed by atoms with Crippen LogP contribution in [0, 0.1) is 130 Å². The highest BCUT2D eigenvalue weighted by molar-refractivity contribution is 5.27. The summed E-state index contributed by atoms with van der Waals surface area (Å²) in [5.41, 5.74) is 4.40. The number of fused-ring (bicyclic) bond motifs is 4. The molecule has 0 aliphatic heterocycles. The Labute approximate surface area is 447 Å². The molecule has 10 atom stereocenters. The highest BCUT2D eigenvalue weighted by Gasteiger charge is 2.62. The summed E-state index contributed by atoms with van der Waals surface area (Å²) in [5.74, 6) is 23.8. The molecule has 0 bridgehead atoms. The van der Waals surface area contributed by atoms with Crippen LogP contribution in [0.3, 0.4) is 0 Å². The van der Waals surface area contributed by atoms with Gasteiger partial charge in [-0.25, -0.2) is 0 Å². The minimum Gasteiger partial charge on any atom is -0.0642 e. The van der Waals surface area contributed by atoms with Gasteiger partial charge < -0.3 is 0 Å². The van der Waals surface area contributed by atoms with Crippen LogP contribution in [0.25, 0.3) is 0 Å². The van der Waals surface area contributed by atoms with Gasteiger partial charge in [-0.15, -0.1) is 0 Å². The standard InChI is InChI=1S/C72H118/c1-6-24-49(25-7-1)56-46-57(50-26-8-2-9-27-50)48-58(47-56)70-61-36-18-22-40-65(61)72(66-41-23-19-37-62(66)70)71-63-38-20-16-34-59(63)69(60-35-17-21-39-64(60)71)55-44-42-54(43-45-55)68(53-32-14-5-15-33-53)67(51-28-10-3-11-29-51)52-30-12-4-13-31-52/h49-66,69-72H,1-48H2. The van der Waals surface area contributed by atoms with Gasteiger partial charge in [0, 0.05) is 0 Å². The summed E-state index contributed by atoms with van der Waals surface area (Å²) in [4.78, 5) is 0. The molecule has 13 rings (SSSR count). The van der Waals surface area contributed by atoms with Crippen LogP contribution in [0.2, 0.25) is 0 Å². The molecule has 13 saturated carbocycles. The lowest BCUT2D eigenvalue weighted by Gasteiger charge is -2.66. The molecule has 0 aromatic carbocycles. The Bertz CT molecular complexity index is 1600. The fourth-order valence-corrected chi connectivity index (χ4v) is 25.8. The lowest BCUT2D eigenvalue weighted by Crippen LogP contribution is -2.60. The Balaban J connectivity index is 0.790. The molecule has 13 fully saturated rings. The van der Waals surface area contributed by atoms with Gasteiger partial charge in [-0.05, 0) is 265 Å². The van der Waals surface area contributed by atoms with E-state index in [4.69, 9.17) is 0 Å². The highest BCUT2D eigenvalue weighted by atomic mass is 14.7. The molecule has 0 heteroatoms. The van der Waals surface area contributed by atoms with Crippen molar-refractivity contribution in [2.75, 3.05) is 0 Å². The molecule has 0 heterocycles. The van der Waals surface area contributed by atoms with Crippen molar-refractivity contribution < 1.29 is 0 Å². The van der Waals surface area contributed by atoms with Crippen LogP contribution in [-0.4, -0.2) is 0 Å². The van der Waals surface area contributed by atoms with Gasteiger partial charge in [0.15, 0.2) is 0 Å². The van der Waals surface area contributed by atoms with Gasteiger partial charge in [-0.1, -0.05) is 185 Å². The highest BCUT2D eigenvalue weighted by Crippen LogP contribution is 2.69. The Morgan fingerprint density at radius 2 is 0.389 bits per heavy atom. The third-order valence-electron chi connectivity index (χ3n) is 28.1. The summed E-state index contributed by atoms with van der Waals surface area (Å²) in [6.45, 7) is 0. The summed E-state index contributed by atoms with van der Waals surface area (Å²) >= 11 is 0. The smallest absolute Gasteiger partial charge is 0.0197 e. The Morgan fingerprint density at radius 1 is 0.153 bits per heavy atom. The maximum Gasteiger partial charge on any atom is -0.0197 e. The van der Waals surface area contributed by atoms with E-state index in [0.29, 0.717) is 0 Å². The van der Waals surface area contributed by atoms with Crippen LogP contribution in [0.5, 0.6) is 0 Å². The van der Waals surface area contributed by atoms with Gasteiger partial charge >= 0.3 is 0 Å². The monoisotopic (exact) mass is 983 g/mol. The second-order valence-corrected chi connectivity index (χ2v) is 31.1. The first-order valence-corrected chi connectivity index (χ1v) is 35.5. The molecule has 0 nitrogen and oxygen atoms in total. The van der Waals surface area contributed by atoms with E-state index in [1.165, 1.54) is 57.8 Å². The molecule has 0 N–H and O–H groups in total. The first kappa shape index (κ1) is 51.2. The van der Waals surface area contributed by atoms with Gasteiger partial charge in [0.25, 0.3) is 0 Å². The van der Waals surface area contributed by atoms with Crippen molar-refractivity contribution in [1.29, 1.82) is 0 Å². The zero-order valence-electron chi connectivity index (χ0n) is 47.6. The molecule has 72 heavy (non-hydrogen) atoms. The minimum absolute atomic E-state index is 0.963. The molecule has 0 amide bonds. The van der Waals surface area contributed by atoms with Crippen LogP contribution in [0.4, 0.5) is 0 Å². The molecule has 10 unspecified atom stereocenters. The number of hydrogen-bond acceptors (Lipinski definition) is 0. The first-order valence-electron chi connectivity index (χ1n) is 35.5. The number of allylic oxidation sites excluding steroid dienone is 2. The third-order valence-corrected chi connectivity index (χ3v) is 28.1. The van der Waals surface area contributed by atoms with Crippen molar-refractivity contribution in [3.05, 3.63) is 11.1 Å². The molecule has 0 spiro atoms. The van der Waals surface area contributed by atoms with Crippen molar-refractivity contribution in [2.24, 2.45) is 130 Å². The van der Waals surface area contributed by atoms with E-state index in [2.05, 4.69) is 11.1 Å². The Morgan fingerprint density at radius 3 is 0.708 bits per heavy atom. The van der Waals surface area contributed by atoms with Crippen LogP contribution in [0.15, 0.2) is 11.1 Å². The lowest BCUT2D eigenvalue weighted by atomic mass is 9.39. The van der Waals surface area contributed by atoms with Crippen molar-refractivity contribution in [2.45, 2.75) is 308 Å². The Hall–Kier alpha value is -0.260. The summed E-state index contributed by atoms with van der Waals surface area (Å²) < 4.78 is 0. The quantitative estimate of drug-likeness (QED) is 0.202. The predicted molar refractivity (Wildman–Crippen MR) is 305 cm³/mol. The summed E-state index contributed by atoms with van der Waals surface area (Å²) in [5, 5.41) is 0. The topological polar surface area (TPSA) is 0 Å². The van der Waals surface area contributed by atoms with Gasteiger partial charge in [-0.2, -0.15) is 0 Å². The Kier molecular flexibility index (Phi) is 17.1. The van der Waals surface area contributed by atoms with Crippen molar-refractivity contribution in [3.63, 3.8) is 0 Å². The maximum absolute atomic E-state index is 2.21. The molecular formula is C72H118. The fraction of sp³-hybridized carbons (Fsp3) is 0.972. The molecule has 0 saturated heterocycles. The normalized spacial score (nSPS) is 45.8. The molecule has 0 radical (unpaired) electrons. The summed E-state index contributed by atoms with van der Waals surface area (Å²) in [7, 11) is 0. The number of hydrogen-bond donors (Lipinski definition) is 0. The van der Waals surface area contributed by atoms with Gasteiger partial charge in [0.05, 0.1) is 0 Å². The van der Waals surface area contributed by atoms with E-state index >= 15 is 0 Å². The third kappa shape index (κ3) is 10.4.